The molecule has 0 aliphatic heterocycles. The van der Waals surface area contributed by atoms with Crippen molar-refractivity contribution >= 4 is 34.1 Å². The topological polar surface area (TPSA) is 38.1 Å². The molecule has 0 saturated heterocycles. The molecule has 0 bridgehead atoms. The van der Waals surface area contributed by atoms with E-state index in [-0.39, 0.29) is 9.90 Å². The predicted octanol–water partition coefficient (Wildman–Crippen LogP) is 7.19. The second-order valence-corrected chi connectivity index (χ2v) is 9.44. The Morgan fingerprint density at radius 3 is 2.33 bits per heavy atom. The third-order valence-corrected chi connectivity index (χ3v) is 5.30. The highest BCUT2D eigenvalue weighted by molar-refractivity contribution is 8.15. The van der Waals surface area contributed by atoms with Crippen molar-refractivity contribution < 1.29 is 8.78 Å². The Bertz CT molecular complexity index is 802. The Hall–Kier alpha value is -1.53. The average Bonchev–Trinajstić information content (AvgIpc) is 2.59. The fourth-order valence-electron chi connectivity index (χ4n) is 2.28. The van der Waals surface area contributed by atoms with E-state index in [1.165, 1.54) is 23.5 Å². The van der Waals surface area contributed by atoms with Gasteiger partial charge < -0.3 is 0 Å². The van der Waals surface area contributed by atoms with Crippen LogP contribution in [0, 0.1) is 0 Å². The molecule has 1 unspecified atom stereocenters. The van der Waals surface area contributed by atoms with Gasteiger partial charge >= 0.3 is 0 Å². The lowest BCUT2D eigenvalue weighted by Gasteiger charge is -2.19. The zero-order chi connectivity index (χ0) is 20.2. The summed E-state index contributed by atoms with van der Waals surface area (Å²) >= 11 is 7.66. The number of benzene rings is 1. The minimum absolute atomic E-state index is 0.0213. The predicted molar refractivity (Wildman–Crippen MR) is 111 cm³/mol. The third-order valence-electron chi connectivity index (χ3n) is 3.89. The molecule has 2 rings (SSSR count). The molecule has 146 valence electrons. The Morgan fingerprint density at radius 1 is 1.22 bits per heavy atom. The molecule has 7 heteroatoms. The van der Waals surface area contributed by atoms with Crippen LogP contribution in [0.2, 0.25) is 5.15 Å². The van der Waals surface area contributed by atoms with Gasteiger partial charge in [-0.05, 0) is 30.0 Å². The van der Waals surface area contributed by atoms with Crippen LogP contribution in [0.3, 0.4) is 0 Å². The molecule has 3 nitrogen and oxygen atoms in total. The van der Waals surface area contributed by atoms with Crippen LogP contribution < -0.4 is 0 Å². The van der Waals surface area contributed by atoms with Crippen LogP contribution >= 0.6 is 23.4 Å². The smallest absolute Gasteiger partial charge is 0.241 e. The number of halogens is 3. The maximum absolute atomic E-state index is 12.8. The van der Waals surface area contributed by atoms with Crippen molar-refractivity contribution in [3.8, 4) is 0 Å². The molecule has 1 heterocycles. The molecule has 0 aliphatic rings. The summed E-state index contributed by atoms with van der Waals surface area (Å²) in [6, 6.07) is 8.02. The molecule has 1 atom stereocenters. The van der Waals surface area contributed by atoms with Gasteiger partial charge in [-0.1, -0.05) is 70.1 Å². The van der Waals surface area contributed by atoms with Gasteiger partial charge in [0, 0.05) is 10.9 Å². The number of nitrogens with zero attached hydrogens (tertiary/aromatic N) is 3. The first kappa shape index (κ1) is 21.8. The highest BCUT2D eigenvalue weighted by Crippen LogP contribution is 2.33. The van der Waals surface area contributed by atoms with Crippen LogP contribution in [-0.2, 0) is 0 Å². The molecule has 0 saturated carbocycles. The van der Waals surface area contributed by atoms with E-state index in [4.69, 9.17) is 16.6 Å². The number of rotatable bonds is 5. The zero-order valence-electron chi connectivity index (χ0n) is 16.1. The fourth-order valence-corrected chi connectivity index (χ4v) is 3.55. The molecular formula is C20H24ClF2N3S. The monoisotopic (exact) mass is 411 g/mol. The normalized spacial score (nSPS) is 13.9. The molecule has 1 aromatic carbocycles. The third kappa shape index (κ3) is 6.25. The maximum Gasteiger partial charge on any atom is 0.297 e. The summed E-state index contributed by atoms with van der Waals surface area (Å²) in [5.74, 6) is -0.0991. The summed E-state index contributed by atoms with van der Waals surface area (Å²) in [5, 5.41) is 0.580. The van der Waals surface area contributed by atoms with E-state index in [1.54, 1.807) is 0 Å². The largest absolute Gasteiger partial charge is 0.297 e. The Kier molecular flexibility index (Phi) is 7.34. The first-order valence-corrected chi connectivity index (χ1v) is 9.98. The van der Waals surface area contributed by atoms with E-state index < -0.39 is 12.2 Å². The van der Waals surface area contributed by atoms with Gasteiger partial charge in [0.15, 0.2) is 5.82 Å². The van der Waals surface area contributed by atoms with Crippen LogP contribution in [-0.4, -0.2) is 19.8 Å². The van der Waals surface area contributed by atoms with Crippen LogP contribution in [0.25, 0.3) is 0 Å². The second-order valence-electron chi connectivity index (χ2n) is 7.27. The second kappa shape index (κ2) is 9.11. The lowest BCUT2D eigenvalue weighted by Crippen LogP contribution is -2.14. The van der Waals surface area contributed by atoms with E-state index in [0.717, 1.165) is 12.1 Å². The average molecular weight is 412 g/mol. The lowest BCUT2D eigenvalue weighted by molar-refractivity contribution is 0.140. The molecule has 0 spiro atoms. The SMILES string of the molecule is CCC(C)c1ccc(N=C(SC(C)(C)C)c2cnc(C(F)F)nc2Cl)cc1. The van der Waals surface area contributed by atoms with E-state index in [0.29, 0.717) is 16.5 Å². The first-order valence-electron chi connectivity index (χ1n) is 8.79. The van der Waals surface area contributed by atoms with Crippen LogP contribution in [0.5, 0.6) is 0 Å². The van der Waals surface area contributed by atoms with Crippen molar-refractivity contribution in [2.75, 3.05) is 0 Å². The number of alkyl halides is 2. The summed E-state index contributed by atoms with van der Waals surface area (Å²) in [7, 11) is 0. The van der Waals surface area contributed by atoms with Crippen molar-refractivity contribution in [2.45, 2.75) is 58.1 Å². The highest BCUT2D eigenvalue weighted by Gasteiger charge is 2.22. The highest BCUT2D eigenvalue weighted by atomic mass is 35.5. The van der Waals surface area contributed by atoms with E-state index in [1.807, 2.05) is 32.9 Å². The summed E-state index contributed by atoms with van der Waals surface area (Å²) in [5.41, 5.74) is 2.47. The zero-order valence-corrected chi connectivity index (χ0v) is 17.7. The van der Waals surface area contributed by atoms with Gasteiger partial charge in [-0.2, -0.15) is 0 Å². The fraction of sp³-hybridized carbons (Fsp3) is 0.450. The van der Waals surface area contributed by atoms with Crippen LogP contribution in [0.15, 0.2) is 35.5 Å². The first-order chi connectivity index (χ1) is 12.6. The Balaban J connectivity index is 2.44. The van der Waals surface area contributed by atoms with E-state index >= 15 is 0 Å². The number of aromatic nitrogens is 2. The van der Waals surface area contributed by atoms with Gasteiger partial charge in [-0.25, -0.2) is 23.7 Å². The molecule has 0 N–H and O–H groups in total. The standard InChI is InChI=1S/C20H24ClF2N3S/c1-6-12(2)13-7-9-14(10-8-13)25-19(27-20(3,4)5)15-11-24-18(17(22)23)26-16(15)21/h7-12,17H,6H2,1-5H3. The van der Waals surface area contributed by atoms with Crippen LogP contribution in [0.4, 0.5) is 14.5 Å². The lowest BCUT2D eigenvalue weighted by atomic mass is 9.99. The number of hydrogen-bond acceptors (Lipinski definition) is 4. The van der Waals surface area contributed by atoms with Crippen molar-refractivity contribution in [1.82, 2.24) is 9.97 Å². The Labute approximate surface area is 168 Å². The van der Waals surface area contributed by atoms with Gasteiger partial charge in [0.25, 0.3) is 6.43 Å². The van der Waals surface area contributed by atoms with Crippen molar-refractivity contribution in [1.29, 1.82) is 0 Å². The maximum atomic E-state index is 12.8. The molecule has 0 fully saturated rings. The van der Waals surface area contributed by atoms with E-state index in [2.05, 4.69) is 35.9 Å². The van der Waals surface area contributed by atoms with Gasteiger partial charge in [0.05, 0.1) is 11.3 Å². The molecule has 0 amide bonds. The number of thioether (sulfide) groups is 1. The Morgan fingerprint density at radius 2 is 1.85 bits per heavy atom. The van der Waals surface area contributed by atoms with Gasteiger partial charge in [0.1, 0.15) is 10.2 Å². The quantitative estimate of drug-likeness (QED) is 0.297. The molecular weight excluding hydrogens is 388 g/mol. The molecule has 0 radical (unpaired) electrons. The molecule has 27 heavy (non-hydrogen) atoms. The number of aliphatic imine (C=N–C) groups is 1. The summed E-state index contributed by atoms with van der Waals surface area (Å²) in [6.07, 6.45) is -0.376. The molecule has 1 aromatic heterocycles. The van der Waals surface area contributed by atoms with Crippen molar-refractivity contribution in [3.63, 3.8) is 0 Å². The van der Waals surface area contributed by atoms with E-state index in [9.17, 15) is 8.78 Å². The minimum atomic E-state index is -2.76. The number of hydrogen-bond donors (Lipinski definition) is 0. The van der Waals surface area contributed by atoms with Gasteiger partial charge in [-0.3, -0.25) is 0 Å². The van der Waals surface area contributed by atoms with Crippen LogP contribution in [0.1, 0.15) is 70.3 Å². The summed E-state index contributed by atoms with van der Waals surface area (Å²) in [4.78, 5) is 12.2. The van der Waals surface area contributed by atoms with Crippen molar-refractivity contribution in [3.05, 3.63) is 52.6 Å². The van der Waals surface area contributed by atoms with Gasteiger partial charge in [-0.15, -0.1) is 0 Å². The minimum Gasteiger partial charge on any atom is -0.241 e. The summed E-state index contributed by atoms with van der Waals surface area (Å²) < 4.78 is 25.5. The molecule has 0 aliphatic carbocycles. The van der Waals surface area contributed by atoms with Gasteiger partial charge in [0.2, 0.25) is 0 Å². The summed E-state index contributed by atoms with van der Waals surface area (Å²) in [6.45, 7) is 10.5. The molecule has 2 aromatic rings. The van der Waals surface area contributed by atoms with Crippen molar-refractivity contribution in [2.24, 2.45) is 4.99 Å².